The second kappa shape index (κ2) is 9.94. The molecule has 0 bridgehead atoms. The first-order valence-corrected chi connectivity index (χ1v) is 11.1. The third kappa shape index (κ3) is 4.93. The summed E-state index contributed by atoms with van der Waals surface area (Å²) in [5, 5.41) is 3.08. The predicted molar refractivity (Wildman–Crippen MR) is 115 cm³/mol. The number of benzene rings is 1. The number of carbonyl (C=O) groups is 2. The van der Waals surface area contributed by atoms with Crippen molar-refractivity contribution in [1.82, 2.24) is 15.1 Å². The van der Waals surface area contributed by atoms with Crippen molar-refractivity contribution < 1.29 is 14.0 Å². The highest BCUT2D eigenvalue weighted by Crippen LogP contribution is 2.25. The number of rotatable bonds is 6. The molecule has 0 spiro atoms. The van der Waals surface area contributed by atoms with Gasteiger partial charge in [-0.2, -0.15) is 0 Å². The molecule has 1 aromatic heterocycles. The molecule has 2 aliphatic rings. The number of carbonyl (C=O) groups excluding carboxylic acids is 2. The van der Waals surface area contributed by atoms with Gasteiger partial charge >= 0.3 is 0 Å². The highest BCUT2D eigenvalue weighted by molar-refractivity contribution is 5.96. The molecule has 6 heteroatoms. The Bertz CT molecular complexity index is 841. The van der Waals surface area contributed by atoms with Crippen LogP contribution >= 0.6 is 0 Å². The highest BCUT2D eigenvalue weighted by Gasteiger charge is 2.35. The molecule has 2 amide bonds. The molecule has 6 nitrogen and oxygen atoms in total. The Morgan fingerprint density at radius 1 is 1.00 bits per heavy atom. The van der Waals surface area contributed by atoms with E-state index in [1.54, 1.807) is 17.0 Å². The summed E-state index contributed by atoms with van der Waals surface area (Å²) in [5.74, 6) is -0.0483. The Kier molecular flexibility index (Phi) is 6.84. The Labute approximate surface area is 178 Å². The van der Waals surface area contributed by atoms with E-state index in [2.05, 4.69) is 10.2 Å². The summed E-state index contributed by atoms with van der Waals surface area (Å²) in [6.07, 6.45) is 8.16. The predicted octanol–water partition coefficient (Wildman–Crippen LogP) is 3.23. The minimum Gasteiger partial charge on any atom is -0.459 e. The van der Waals surface area contributed by atoms with E-state index in [1.807, 2.05) is 24.3 Å². The molecule has 1 saturated heterocycles. The van der Waals surface area contributed by atoms with E-state index in [9.17, 15) is 9.59 Å². The number of fused-ring (bicyclic) bond motifs is 1. The minimum absolute atomic E-state index is 0.0831. The average molecular weight is 410 g/mol. The van der Waals surface area contributed by atoms with Crippen LogP contribution in [0.1, 0.15) is 53.8 Å². The molecule has 1 fully saturated rings. The normalized spacial score (nSPS) is 19.7. The van der Waals surface area contributed by atoms with Gasteiger partial charge in [-0.3, -0.25) is 9.59 Å². The van der Waals surface area contributed by atoms with Gasteiger partial charge in [0.2, 0.25) is 5.91 Å². The van der Waals surface area contributed by atoms with Gasteiger partial charge in [-0.05, 0) is 62.2 Å². The van der Waals surface area contributed by atoms with Gasteiger partial charge in [-0.15, -0.1) is 0 Å². The highest BCUT2D eigenvalue weighted by atomic mass is 16.3. The van der Waals surface area contributed by atoms with Gasteiger partial charge in [0, 0.05) is 19.5 Å². The van der Waals surface area contributed by atoms with Crippen LogP contribution in [0.15, 0.2) is 47.1 Å². The van der Waals surface area contributed by atoms with Crippen LogP contribution in [0.3, 0.4) is 0 Å². The van der Waals surface area contributed by atoms with Crippen molar-refractivity contribution in [2.24, 2.45) is 0 Å². The molecular formula is C24H31N3O3. The number of amides is 2. The van der Waals surface area contributed by atoms with Crippen molar-refractivity contribution in [2.45, 2.75) is 51.1 Å². The Morgan fingerprint density at radius 3 is 2.50 bits per heavy atom. The van der Waals surface area contributed by atoms with Crippen LogP contribution in [-0.2, 0) is 17.8 Å². The fraction of sp³-hybridized carbons (Fsp3) is 0.500. The zero-order valence-corrected chi connectivity index (χ0v) is 17.5. The van der Waals surface area contributed by atoms with E-state index < -0.39 is 6.04 Å². The molecule has 160 valence electrons. The van der Waals surface area contributed by atoms with Gasteiger partial charge in [-0.1, -0.05) is 37.1 Å². The molecule has 4 rings (SSSR count). The molecule has 0 saturated carbocycles. The molecule has 2 aliphatic heterocycles. The first-order valence-electron chi connectivity index (χ1n) is 11.1. The number of furan rings is 1. The monoisotopic (exact) mass is 409 g/mol. The van der Waals surface area contributed by atoms with Crippen molar-refractivity contribution in [3.63, 3.8) is 0 Å². The first-order chi connectivity index (χ1) is 14.7. The molecule has 1 aromatic carbocycles. The molecule has 0 radical (unpaired) electrons. The lowest BCUT2D eigenvalue weighted by molar-refractivity contribution is -0.126. The number of likely N-dealkylation sites (tertiary alicyclic amines) is 1. The van der Waals surface area contributed by atoms with Gasteiger partial charge in [0.15, 0.2) is 5.76 Å². The van der Waals surface area contributed by atoms with Crippen LogP contribution in [-0.4, -0.2) is 53.8 Å². The van der Waals surface area contributed by atoms with E-state index in [0.717, 1.165) is 24.1 Å². The lowest BCUT2D eigenvalue weighted by Crippen LogP contribution is -2.52. The summed E-state index contributed by atoms with van der Waals surface area (Å²) >= 11 is 0. The molecule has 0 aliphatic carbocycles. The van der Waals surface area contributed by atoms with E-state index in [-0.39, 0.29) is 17.6 Å². The van der Waals surface area contributed by atoms with E-state index in [4.69, 9.17) is 4.42 Å². The second-order valence-electron chi connectivity index (χ2n) is 8.30. The lowest BCUT2D eigenvalue weighted by atomic mass is 9.93. The number of nitrogens with zero attached hydrogens (tertiary/aromatic N) is 2. The largest absolute Gasteiger partial charge is 0.459 e. The zero-order valence-electron chi connectivity index (χ0n) is 17.5. The summed E-state index contributed by atoms with van der Waals surface area (Å²) in [7, 11) is 0. The van der Waals surface area contributed by atoms with E-state index >= 15 is 0 Å². The van der Waals surface area contributed by atoms with Crippen molar-refractivity contribution in [2.75, 3.05) is 26.2 Å². The third-order valence-corrected chi connectivity index (χ3v) is 6.19. The summed E-state index contributed by atoms with van der Waals surface area (Å²) in [6, 6.07) is 10.9. The maximum atomic E-state index is 13.0. The minimum atomic E-state index is -0.518. The van der Waals surface area contributed by atoms with Crippen LogP contribution < -0.4 is 5.32 Å². The Morgan fingerprint density at radius 2 is 1.77 bits per heavy atom. The SMILES string of the molecule is O=C(NCCCN1CCCCCC1)C1Cc2ccccc2CN1C(=O)c1ccco1. The van der Waals surface area contributed by atoms with Crippen LogP contribution in [0, 0.1) is 0 Å². The fourth-order valence-corrected chi connectivity index (χ4v) is 4.50. The molecule has 1 N–H and O–H groups in total. The summed E-state index contributed by atoms with van der Waals surface area (Å²) in [5.41, 5.74) is 2.22. The van der Waals surface area contributed by atoms with Gasteiger partial charge < -0.3 is 19.5 Å². The van der Waals surface area contributed by atoms with Gasteiger partial charge in [0.05, 0.1) is 6.26 Å². The van der Waals surface area contributed by atoms with Crippen molar-refractivity contribution in [3.8, 4) is 0 Å². The quantitative estimate of drug-likeness (QED) is 0.744. The molecule has 1 unspecified atom stereocenters. The topological polar surface area (TPSA) is 65.8 Å². The Hall–Kier alpha value is -2.60. The Balaban J connectivity index is 1.38. The fourth-order valence-electron chi connectivity index (χ4n) is 4.50. The molecule has 1 atom stereocenters. The summed E-state index contributed by atoms with van der Waals surface area (Å²) in [6.45, 7) is 4.40. The molecule has 2 aromatic rings. The van der Waals surface area contributed by atoms with Crippen molar-refractivity contribution >= 4 is 11.8 Å². The first kappa shape index (κ1) is 20.7. The maximum absolute atomic E-state index is 13.0. The summed E-state index contributed by atoms with van der Waals surface area (Å²) in [4.78, 5) is 30.2. The van der Waals surface area contributed by atoms with Crippen molar-refractivity contribution in [3.05, 3.63) is 59.5 Å². The number of nitrogens with one attached hydrogen (secondary N) is 1. The number of hydrogen-bond acceptors (Lipinski definition) is 4. The van der Waals surface area contributed by atoms with Crippen molar-refractivity contribution in [1.29, 1.82) is 0 Å². The zero-order chi connectivity index (χ0) is 20.8. The van der Waals surface area contributed by atoms with Crippen LogP contribution in [0.25, 0.3) is 0 Å². The van der Waals surface area contributed by atoms with Crippen LogP contribution in [0.2, 0.25) is 0 Å². The van der Waals surface area contributed by atoms with Gasteiger partial charge in [0.25, 0.3) is 5.91 Å². The summed E-state index contributed by atoms with van der Waals surface area (Å²) < 4.78 is 5.31. The molecule has 30 heavy (non-hydrogen) atoms. The van der Waals surface area contributed by atoms with E-state index in [0.29, 0.717) is 19.5 Å². The maximum Gasteiger partial charge on any atom is 0.290 e. The van der Waals surface area contributed by atoms with Crippen LogP contribution in [0.4, 0.5) is 0 Å². The smallest absolute Gasteiger partial charge is 0.290 e. The lowest BCUT2D eigenvalue weighted by Gasteiger charge is -2.35. The second-order valence-corrected chi connectivity index (χ2v) is 8.30. The standard InChI is InChI=1S/C24H31N3O3/c28-23(25-12-8-15-26-13-5-1-2-6-14-26)21-17-19-9-3-4-10-20(19)18-27(21)24(29)22-11-7-16-30-22/h3-4,7,9-11,16,21H,1-2,5-6,8,12-15,17-18H2,(H,25,28). The average Bonchev–Trinajstić information content (AvgIpc) is 3.19. The van der Waals surface area contributed by atoms with Crippen LogP contribution in [0.5, 0.6) is 0 Å². The van der Waals surface area contributed by atoms with Gasteiger partial charge in [-0.25, -0.2) is 0 Å². The third-order valence-electron chi connectivity index (χ3n) is 6.19. The molecular weight excluding hydrogens is 378 g/mol. The number of hydrogen-bond donors (Lipinski definition) is 1. The molecule has 3 heterocycles. The van der Waals surface area contributed by atoms with Gasteiger partial charge in [0.1, 0.15) is 6.04 Å². The van der Waals surface area contributed by atoms with E-state index in [1.165, 1.54) is 45.0 Å².